The number of nitrogen functional groups attached to an aromatic ring is 1. The molecular formula is C18H26N6O5. The topological polar surface area (TPSA) is 136 Å². The first kappa shape index (κ1) is 20.0. The van der Waals surface area contributed by atoms with Gasteiger partial charge in [0.1, 0.15) is 30.2 Å². The average molecular weight is 406 g/mol. The number of ether oxygens (including phenoxy) is 4. The van der Waals surface area contributed by atoms with Crippen molar-refractivity contribution in [3.8, 4) is 0 Å². The van der Waals surface area contributed by atoms with E-state index in [0.29, 0.717) is 42.9 Å². The van der Waals surface area contributed by atoms with Crippen molar-refractivity contribution in [1.82, 2.24) is 24.8 Å². The number of aromatic nitrogens is 4. The Morgan fingerprint density at radius 3 is 2.90 bits per heavy atom. The number of anilines is 1. The lowest BCUT2D eigenvalue weighted by molar-refractivity contribution is -0.195. The normalized spacial score (nSPS) is 28.0. The maximum absolute atomic E-state index is 11.2. The number of rotatable bonds is 7. The van der Waals surface area contributed by atoms with Crippen molar-refractivity contribution < 1.29 is 23.7 Å². The van der Waals surface area contributed by atoms with Gasteiger partial charge >= 0.3 is 5.97 Å². The molecule has 0 saturated carbocycles. The maximum atomic E-state index is 11.2. The number of fused-ring (bicyclic) bond motifs is 2. The molecule has 0 bridgehead atoms. The minimum absolute atomic E-state index is 0.216. The lowest BCUT2D eigenvalue weighted by Crippen LogP contribution is -2.38. The van der Waals surface area contributed by atoms with Gasteiger partial charge in [-0.15, -0.1) is 0 Å². The molecule has 11 heteroatoms. The number of nitrogens with one attached hydrogen (secondary N) is 1. The molecule has 4 rings (SSSR count). The van der Waals surface area contributed by atoms with E-state index in [1.165, 1.54) is 13.4 Å². The van der Waals surface area contributed by atoms with E-state index < -0.39 is 12.0 Å². The van der Waals surface area contributed by atoms with Crippen LogP contribution >= 0.6 is 0 Å². The van der Waals surface area contributed by atoms with Crippen molar-refractivity contribution in [3.05, 3.63) is 12.7 Å². The van der Waals surface area contributed by atoms with E-state index in [-0.39, 0.29) is 24.3 Å². The van der Waals surface area contributed by atoms with Crippen LogP contribution in [0.25, 0.3) is 11.2 Å². The molecule has 0 amide bonds. The molecule has 4 heterocycles. The number of nitrogens with zero attached hydrogens (tertiary/aromatic N) is 4. The third-order valence-electron chi connectivity index (χ3n) is 5.09. The van der Waals surface area contributed by atoms with Crippen LogP contribution in [-0.2, 0) is 23.7 Å². The van der Waals surface area contributed by atoms with Crippen LogP contribution in [0.3, 0.4) is 0 Å². The number of nitrogens with two attached hydrogens (primary N) is 1. The Bertz CT molecular complexity index is 887. The number of methoxy groups -OCH3 is 1. The minimum Gasteiger partial charge on any atom is -0.469 e. The number of hydrogen-bond donors (Lipinski definition) is 2. The van der Waals surface area contributed by atoms with Gasteiger partial charge in [0, 0.05) is 13.0 Å². The molecule has 29 heavy (non-hydrogen) atoms. The van der Waals surface area contributed by atoms with E-state index in [1.807, 2.05) is 18.4 Å². The highest BCUT2D eigenvalue weighted by Gasteiger charge is 2.55. The Morgan fingerprint density at radius 1 is 1.31 bits per heavy atom. The lowest BCUT2D eigenvalue weighted by atomic mass is 10.1. The first-order valence-corrected chi connectivity index (χ1v) is 9.61. The average Bonchev–Trinajstić information content (AvgIpc) is 3.33. The zero-order valence-electron chi connectivity index (χ0n) is 16.7. The number of imidazole rings is 1. The molecule has 0 aromatic carbocycles. The predicted molar refractivity (Wildman–Crippen MR) is 102 cm³/mol. The van der Waals surface area contributed by atoms with Crippen LogP contribution in [0.4, 0.5) is 5.82 Å². The van der Waals surface area contributed by atoms with Gasteiger partial charge in [0.05, 0.1) is 13.4 Å². The molecular weight excluding hydrogens is 380 g/mol. The molecule has 0 radical (unpaired) electrons. The van der Waals surface area contributed by atoms with Gasteiger partial charge in [-0.3, -0.25) is 9.36 Å². The van der Waals surface area contributed by atoms with Gasteiger partial charge in [-0.25, -0.2) is 15.0 Å². The van der Waals surface area contributed by atoms with Crippen molar-refractivity contribution in [3.63, 3.8) is 0 Å². The summed E-state index contributed by atoms with van der Waals surface area (Å²) in [6, 6.07) is 0. The Balaban J connectivity index is 1.47. The summed E-state index contributed by atoms with van der Waals surface area (Å²) in [7, 11) is 1.39. The Kier molecular flexibility index (Phi) is 5.38. The highest BCUT2D eigenvalue weighted by molar-refractivity contribution is 5.81. The second kappa shape index (κ2) is 7.82. The Labute approximate surface area is 167 Å². The Morgan fingerprint density at radius 2 is 2.10 bits per heavy atom. The van der Waals surface area contributed by atoms with Crippen LogP contribution < -0.4 is 11.1 Å². The maximum Gasteiger partial charge on any atom is 0.305 e. The highest BCUT2D eigenvalue weighted by atomic mass is 16.8. The third-order valence-corrected chi connectivity index (χ3v) is 5.09. The van der Waals surface area contributed by atoms with Crippen LogP contribution in [0.1, 0.15) is 32.9 Å². The van der Waals surface area contributed by atoms with E-state index in [4.69, 9.17) is 19.9 Å². The first-order valence-electron chi connectivity index (χ1n) is 9.61. The van der Waals surface area contributed by atoms with E-state index in [0.717, 1.165) is 0 Å². The third kappa shape index (κ3) is 3.90. The molecule has 2 unspecified atom stereocenters. The molecule has 0 spiro atoms. The fourth-order valence-corrected chi connectivity index (χ4v) is 3.81. The summed E-state index contributed by atoms with van der Waals surface area (Å²) < 4.78 is 25.0. The van der Waals surface area contributed by atoms with Crippen LogP contribution in [0.2, 0.25) is 0 Å². The lowest BCUT2D eigenvalue weighted by Gasteiger charge is -2.25. The molecule has 2 fully saturated rings. The standard InChI is InChI=1S/C18H26N6O5/c1-18(2)28-13-10(7-20-6-4-5-11(25)26-3)27-17(14(13)29-18)24-9-23-12-15(19)21-8-22-16(12)24/h8-10,13-14,17,20H,4-7H2,1-3H3,(H2,19,21,22)/t10?,13-,14-,17?/m1/s1. The second-order valence-corrected chi connectivity index (χ2v) is 7.60. The molecule has 2 aliphatic heterocycles. The van der Waals surface area contributed by atoms with Gasteiger partial charge in [-0.2, -0.15) is 0 Å². The van der Waals surface area contributed by atoms with Crippen LogP contribution in [-0.4, -0.2) is 69.8 Å². The molecule has 2 aromatic heterocycles. The summed E-state index contributed by atoms with van der Waals surface area (Å²) in [4.78, 5) is 23.8. The number of carbonyl (C=O) groups excluding carboxylic acids is 1. The van der Waals surface area contributed by atoms with Gasteiger partial charge in [0.25, 0.3) is 0 Å². The Hall–Kier alpha value is -2.34. The van der Waals surface area contributed by atoms with E-state index >= 15 is 0 Å². The molecule has 3 N–H and O–H groups in total. The highest BCUT2D eigenvalue weighted by Crippen LogP contribution is 2.43. The number of hydrogen-bond acceptors (Lipinski definition) is 10. The summed E-state index contributed by atoms with van der Waals surface area (Å²) in [5, 5.41) is 3.32. The van der Waals surface area contributed by atoms with Crippen molar-refractivity contribution in [1.29, 1.82) is 0 Å². The van der Waals surface area contributed by atoms with Crippen LogP contribution in [0.15, 0.2) is 12.7 Å². The van der Waals surface area contributed by atoms with Gasteiger partial charge in [0.15, 0.2) is 23.5 Å². The number of carbonyl (C=O) groups is 1. The monoisotopic (exact) mass is 406 g/mol. The van der Waals surface area contributed by atoms with Gasteiger partial charge in [-0.05, 0) is 26.8 Å². The predicted octanol–water partition coefficient (Wildman–Crippen LogP) is 0.369. The first-order chi connectivity index (χ1) is 13.9. The zero-order chi connectivity index (χ0) is 20.6. The smallest absolute Gasteiger partial charge is 0.305 e. The molecule has 158 valence electrons. The molecule has 0 aliphatic carbocycles. The van der Waals surface area contributed by atoms with Crippen molar-refractivity contribution in [2.24, 2.45) is 0 Å². The van der Waals surface area contributed by atoms with E-state index in [9.17, 15) is 4.79 Å². The quantitative estimate of drug-likeness (QED) is 0.490. The molecule has 2 saturated heterocycles. The summed E-state index contributed by atoms with van der Waals surface area (Å²) in [6.45, 7) is 4.99. The van der Waals surface area contributed by atoms with Crippen LogP contribution in [0.5, 0.6) is 0 Å². The van der Waals surface area contributed by atoms with Crippen molar-refractivity contribution in [2.75, 3.05) is 25.9 Å². The van der Waals surface area contributed by atoms with Crippen molar-refractivity contribution >= 4 is 23.0 Å². The van der Waals surface area contributed by atoms with Crippen LogP contribution in [0, 0.1) is 0 Å². The summed E-state index contributed by atoms with van der Waals surface area (Å²) in [5.74, 6) is -0.618. The zero-order valence-corrected chi connectivity index (χ0v) is 16.7. The SMILES string of the molecule is COC(=O)CCCNCC1OC(n2cnc3c(N)ncnc32)[C@@H]2OC(C)(C)O[C@H]12. The van der Waals surface area contributed by atoms with Gasteiger partial charge in [-0.1, -0.05) is 0 Å². The molecule has 4 atom stereocenters. The summed E-state index contributed by atoms with van der Waals surface area (Å²) in [5.41, 5.74) is 7.01. The summed E-state index contributed by atoms with van der Waals surface area (Å²) >= 11 is 0. The molecule has 2 aromatic rings. The van der Waals surface area contributed by atoms with Gasteiger partial charge in [0.2, 0.25) is 0 Å². The fraction of sp³-hybridized carbons (Fsp3) is 0.667. The van der Waals surface area contributed by atoms with E-state index in [1.54, 1.807) is 6.33 Å². The minimum atomic E-state index is -0.717. The van der Waals surface area contributed by atoms with Crippen molar-refractivity contribution in [2.45, 2.75) is 57.0 Å². The number of esters is 1. The fourth-order valence-electron chi connectivity index (χ4n) is 3.81. The molecule has 2 aliphatic rings. The van der Waals surface area contributed by atoms with Gasteiger partial charge < -0.3 is 30.0 Å². The summed E-state index contributed by atoms with van der Waals surface area (Å²) in [6.07, 6.45) is 2.84. The largest absolute Gasteiger partial charge is 0.469 e. The molecule has 11 nitrogen and oxygen atoms in total. The second-order valence-electron chi connectivity index (χ2n) is 7.60. The van der Waals surface area contributed by atoms with E-state index in [2.05, 4.69) is 25.0 Å².